The maximum atomic E-state index is 11.4. The van der Waals surface area contributed by atoms with Crippen molar-refractivity contribution in [1.29, 1.82) is 0 Å². The molecule has 0 unspecified atom stereocenters. The molecule has 0 aromatic rings. The molecule has 0 aliphatic heterocycles. The van der Waals surface area contributed by atoms with Crippen LogP contribution in [-0.2, 0) is 4.79 Å². The molecule has 0 aliphatic rings. The minimum absolute atomic E-state index is 0.0183. The maximum Gasteiger partial charge on any atom is 0.152 e. The van der Waals surface area contributed by atoms with Gasteiger partial charge in [-0.1, -0.05) is 13.8 Å². The molecule has 0 fully saturated rings. The van der Waals surface area contributed by atoms with Gasteiger partial charge in [-0.15, -0.1) is 0 Å². The molecule has 0 bridgehead atoms. The third kappa shape index (κ3) is 5.70. The number of nitrogens with zero attached hydrogens (tertiary/aromatic N) is 1. The van der Waals surface area contributed by atoms with Crippen LogP contribution in [0.1, 0.15) is 33.6 Å². The van der Waals surface area contributed by atoms with E-state index in [9.17, 15) is 4.79 Å². The molecule has 0 radical (unpaired) electrons. The predicted molar refractivity (Wildman–Crippen MR) is 59.2 cm³/mol. The fraction of sp³-hybridized carbons (Fsp3) is 0.800. The smallest absolute Gasteiger partial charge is 0.152 e. The summed E-state index contributed by atoms with van der Waals surface area (Å²) in [7, 11) is 0. The Bertz CT molecular complexity index is 207. The normalized spacial score (nSPS) is 14.5. The lowest BCUT2D eigenvalue weighted by atomic mass is 9.99. The van der Waals surface area contributed by atoms with E-state index >= 15 is 0 Å². The number of Topliss-reactive ketones (excluding diaryl/α,β-unsaturated/α-hetero) is 1. The van der Waals surface area contributed by atoms with Crippen molar-refractivity contribution in [3.63, 3.8) is 0 Å². The van der Waals surface area contributed by atoms with E-state index in [1.165, 1.54) is 0 Å². The van der Waals surface area contributed by atoms with Crippen LogP contribution in [-0.4, -0.2) is 24.2 Å². The number of amidine groups is 1. The first kappa shape index (κ1) is 13.1. The van der Waals surface area contributed by atoms with Crippen LogP contribution in [0.3, 0.4) is 0 Å². The lowest BCUT2D eigenvalue weighted by molar-refractivity contribution is -0.123. The van der Waals surface area contributed by atoms with Crippen molar-refractivity contribution < 1.29 is 4.79 Å². The second-order valence-corrected chi connectivity index (χ2v) is 3.83. The second-order valence-electron chi connectivity index (χ2n) is 3.83. The lowest BCUT2D eigenvalue weighted by Crippen LogP contribution is -2.33. The number of rotatable bonds is 6. The Morgan fingerprint density at radius 1 is 1.43 bits per heavy atom. The van der Waals surface area contributed by atoms with E-state index in [1.807, 2.05) is 13.8 Å². The molecular formula is C10H21N3O. The number of nitrogens with two attached hydrogens (primary N) is 2. The van der Waals surface area contributed by atoms with Gasteiger partial charge in [0.15, 0.2) is 5.78 Å². The monoisotopic (exact) mass is 199 g/mol. The molecule has 0 aromatic carbocycles. The van der Waals surface area contributed by atoms with E-state index in [0.29, 0.717) is 18.8 Å². The molecule has 4 N–H and O–H groups in total. The summed E-state index contributed by atoms with van der Waals surface area (Å²) in [6, 6.07) is -0.344. The fourth-order valence-electron chi connectivity index (χ4n) is 1.14. The summed E-state index contributed by atoms with van der Waals surface area (Å²) < 4.78 is 0. The fourth-order valence-corrected chi connectivity index (χ4v) is 1.14. The van der Waals surface area contributed by atoms with E-state index in [2.05, 4.69) is 4.99 Å². The van der Waals surface area contributed by atoms with Crippen LogP contribution in [0.25, 0.3) is 0 Å². The maximum absolute atomic E-state index is 11.4. The molecule has 4 nitrogen and oxygen atoms in total. The molecule has 0 aromatic heterocycles. The average molecular weight is 199 g/mol. The van der Waals surface area contributed by atoms with Gasteiger partial charge in [-0.3, -0.25) is 9.79 Å². The molecular weight excluding hydrogens is 178 g/mol. The zero-order valence-electron chi connectivity index (χ0n) is 9.29. The first-order chi connectivity index (χ1) is 6.45. The van der Waals surface area contributed by atoms with Gasteiger partial charge in [-0.2, -0.15) is 0 Å². The molecule has 0 rings (SSSR count). The van der Waals surface area contributed by atoms with Crippen LogP contribution in [0.2, 0.25) is 0 Å². The Hall–Kier alpha value is -0.900. The Morgan fingerprint density at radius 2 is 2.00 bits per heavy atom. The van der Waals surface area contributed by atoms with Crippen molar-refractivity contribution in [3.05, 3.63) is 0 Å². The van der Waals surface area contributed by atoms with E-state index < -0.39 is 0 Å². The van der Waals surface area contributed by atoms with Crippen molar-refractivity contribution in [3.8, 4) is 0 Å². The van der Waals surface area contributed by atoms with Crippen molar-refractivity contribution >= 4 is 11.6 Å². The molecule has 1 atom stereocenters. The summed E-state index contributed by atoms with van der Waals surface area (Å²) in [4.78, 5) is 15.4. The summed E-state index contributed by atoms with van der Waals surface area (Å²) in [5.41, 5.74) is 11.1. The number of carbonyl (C=O) groups excluding carboxylic acids is 1. The summed E-state index contributed by atoms with van der Waals surface area (Å²) in [6.45, 7) is 6.13. The molecule has 82 valence electrons. The topological polar surface area (TPSA) is 81.5 Å². The van der Waals surface area contributed by atoms with Crippen molar-refractivity contribution in [2.75, 3.05) is 6.54 Å². The SMILES string of the molecule is CC(N)=NCCC[C@H](N)C(=O)C(C)C. The molecule has 0 aliphatic carbocycles. The Labute approximate surface area is 85.8 Å². The number of hydrogen-bond acceptors (Lipinski definition) is 3. The highest BCUT2D eigenvalue weighted by Gasteiger charge is 2.15. The molecule has 0 amide bonds. The zero-order valence-corrected chi connectivity index (χ0v) is 9.29. The number of hydrogen-bond donors (Lipinski definition) is 2. The van der Waals surface area contributed by atoms with Crippen LogP contribution in [0.5, 0.6) is 0 Å². The van der Waals surface area contributed by atoms with Crippen molar-refractivity contribution in [2.45, 2.75) is 39.7 Å². The molecule has 14 heavy (non-hydrogen) atoms. The first-order valence-electron chi connectivity index (χ1n) is 5.01. The van der Waals surface area contributed by atoms with Crippen molar-refractivity contribution in [2.24, 2.45) is 22.4 Å². The molecule has 0 heterocycles. The van der Waals surface area contributed by atoms with E-state index in [4.69, 9.17) is 11.5 Å². The van der Waals surface area contributed by atoms with Crippen LogP contribution in [0, 0.1) is 5.92 Å². The van der Waals surface area contributed by atoms with E-state index in [1.54, 1.807) is 6.92 Å². The van der Waals surface area contributed by atoms with Crippen LogP contribution in [0.4, 0.5) is 0 Å². The lowest BCUT2D eigenvalue weighted by Gasteiger charge is -2.11. The van der Waals surface area contributed by atoms with Crippen LogP contribution >= 0.6 is 0 Å². The van der Waals surface area contributed by atoms with Gasteiger partial charge >= 0.3 is 0 Å². The van der Waals surface area contributed by atoms with Gasteiger partial charge in [0.1, 0.15) is 0 Å². The molecule has 4 heteroatoms. The summed E-state index contributed by atoms with van der Waals surface area (Å²) >= 11 is 0. The van der Waals surface area contributed by atoms with Crippen LogP contribution < -0.4 is 11.5 Å². The number of aliphatic imine (C=N–C) groups is 1. The number of carbonyl (C=O) groups is 1. The van der Waals surface area contributed by atoms with Gasteiger partial charge in [-0.25, -0.2) is 0 Å². The highest BCUT2D eigenvalue weighted by atomic mass is 16.1. The van der Waals surface area contributed by atoms with E-state index in [-0.39, 0.29) is 17.7 Å². The van der Waals surface area contributed by atoms with Gasteiger partial charge in [0, 0.05) is 12.5 Å². The third-order valence-electron chi connectivity index (χ3n) is 1.97. The first-order valence-corrected chi connectivity index (χ1v) is 5.01. The predicted octanol–water partition coefficient (Wildman–Crippen LogP) is 0.696. The minimum Gasteiger partial charge on any atom is -0.388 e. The molecule has 0 spiro atoms. The van der Waals surface area contributed by atoms with Crippen LogP contribution in [0.15, 0.2) is 4.99 Å². The van der Waals surface area contributed by atoms with Gasteiger partial charge < -0.3 is 11.5 Å². The summed E-state index contributed by atoms with van der Waals surface area (Å²) in [5, 5.41) is 0. The number of ketones is 1. The Morgan fingerprint density at radius 3 is 2.43 bits per heavy atom. The highest BCUT2D eigenvalue weighted by molar-refractivity contribution is 5.85. The molecule has 0 saturated carbocycles. The van der Waals surface area contributed by atoms with Gasteiger partial charge in [0.2, 0.25) is 0 Å². The van der Waals surface area contributed by atoms with Crippen molar-refractivity contribution in [1.82, 2.24) is 0 Å². The van der Waals surface area contributed by atoms with Gasteiger partial charge in [0.25, 0.3) is 0 Å². The summed E-state index contributed by atoms with van der Waals surface area (Å²) in [5.74, 6) is 0.719. The Balaban J connectivity index is 3.69. The van der Waals surface area contributed by atoms with Gasteiger partial charge in [-0.05, 0) is 19.8 Å². The average Bonchev–Trinajstić information content (AvgIpc) is 2.10. The Kier molecular flexibility index (Phi) is 6.12. The van der Waals surface area contributed by atoms with E-state index in [0.717, 1.165) is 6.42 Å². The zero-order chi connectivity index (χ0) is 11.1. The highest BCUT2D eigenvalue weighted by Crippen LogP contribution is 2.03. The second kappa shape index (κ2) is 6.54. The quantitative estimate of drug-likeness (QED) is 0.375. The van der Waals surface area contributed by atoms with Gasteiger partial charge in [0.05, 0.1) is 11.9 Å². The standard InChI is InChI=1S/C10H21N3O/c1-7(2)10(14)9(12)5-4-6-13-8(3)11/h7,9H,4-6,12H2,1-3H3,(H2,11,13)/t9-/m0/s1. The minimum atomic E-state index is -0.344. The summed E-state index contributed by atoms with van der Waals surface area (Å²) in [6.07, 6.45) is 1.50. The molecule has 0 saturated heterocycles. The largest absolute Gasteiger partial charge is 0.388 e. The third-order valence-corrected chi connectivity index (χ3v) is 1.97.